The van der Waals surface area contributed by atoms with E-state index in [1.54, 1.807) is 31.0 Å². The highest BCUT2D eigenvalue weighted by atomic mass is 32.2. The number of esters is 1. The van der Waals surface area contributed by atoms with E-state index in [9.17, 15) is 14.0 Å². The summed E-state index contributed by atoms with van der Waals surface area (Å²) in [6.07, 6.45) is 0.902. The average molecular weight is 496 g/mol. The summed E-state index contributed by atoms with van der Waals surface area (Å²) in [5.41, 5.74) is 4.08. The highest BCUT2D eigenvalue weighted by molar-refractivity contribution is 7.99. The first-order chi connectivity index (χ1) is 16.9. The van der Waals surface area contributed by atoms with Crippen molar-refractivity contribution in [2.75, 3.05) is 25.2 Å². The van der Waals surface area contributed by atoms with Crippen LogP contribution in [0.25, 0.3) is 0 Å². The van der Waals surface area contributed by atoms with Gasteiger partial charge in [-0.1, -0.05) is 37.3 Å². The maximum Gasteiger partial charge on any atom is 0.336 e. The van der Waals surface area contributed by atoms with Gasteiger partial charge in [-0.2, -0.15) is 11.8 Å². The number of hydrogen-bond acceptors (Lipinski definition) is 6. The van der Waals surface area contributed by atoms with Crippen LogP contribution in [-0.2, 0) is 14.3 Å². The zero-order valence-corrected chi connectivity index (χ0v) is 21.0. The van der Waals surface area contributed by atoms with Gasteiger partial charge in [-0.25, -0.2) is 9.18 Å². The molecule has 7 heteroatoms. The monoisotopic (exact) mass is 495 g/mol. The molecule has 2 aromatic rings. The van der Waals surface area contributed by atoms with Gasteiger partial charge in [0.2, 0.25) is 0 Å². The van der Waals surface area contributed by atoms with E-state index in [1.165, 1.54) is 12.1 Å². The third-order valence-corrected chi connectivity index (χ3v) is 7.36. The van der Waals surface area contributed by atoms with Crippen LogP contribution in [0.5, 0.6) is 5.75 Å². The van der Waals surface area contributed by atoms with Crippen LogP contribution in [0.15, 0.2) is 71.1 Å². The molecule has 2 aromatic carbocycles. The smallest absolute Gasteiger partial charge is 0.336 e. The molecular weight excluding hydrogens is 465 g/mol. The molecule has 0 aromatic heterocycles. The lowest BCUT2D eigenvalue weighted by molar-refractivity contribution is -0.138. The molecule has 0 spiro atoms. The standard InChI is InChI=1S/C28H30FNO4S/c1-4-35-14-13-34-28(32)25-17(2)30-22-15-19(21-7-5-6-8-24(21)33-3)16-23(31)27(22)26(25)18-9-11-20(29)12-10-18/h5-12,19,26,30H,4,13-16H2,1-3H3/t19-,26-/m1/s1. The Bertz CT molecular complexity index is 1170. The van der Waals surface area contributed by atoms with E-state index in [4.69, 9.17) is 9.47 Å². The molecule has 4 rings (SSSR count). The van der Waals surface area contributed by atoms with E-state index in [2.05, 4.69) is 12.2 Å². The van der Waals surface area contributed by atoms with Gasteiger partial charge in [0, 0.05) is 41.0 Å². The average Bonchev–Trinajstić information content (AvgIpc) is 2.86. The minimum atomic E-state index is -0.607. The topological polar surface area (TPSA) is 64.6 Å². The molecule has 5 nitrogen and oxygen atoms in total. The second-order valence-corrected chi connectivity index (χ2v) is 10.0. The number of benzene rings is 2. The van der Waals surface area contributed by atoms with E-state index in [-0.39, 0.29) is 17.5 Å². The number of ketones is 1. The van der Waals surface area contributed by atoms with Crippen LogP contribution in [0.1, 0.15) is 49.7 Å². The Hall–Kier alpha value is -3.06. The van der Waals surface area contributed by atoms with E-state index in [0.29, 0.717) is 47.6 Å². The Morgan fingerprint density at radius 1 is 1.14 bits per heavy atom. The normalized spacial score (nSPS) is 19.8. The van der Waals surface area contributed by atoms with Crippen molar-refractivity contribution in [3.63, 3.8) is 0 Å². The molecule has 0 unspecified atom stereocenters. The molecule has 1 N–H and O–H groups in total. The number of para-hydroxylation sites is 1. The number of Topliss-reactive ketones (excluding diaryl/α,β-unsaturated/α-hetero) is 1. The summed E-state index contributed by atoms with van der Waals surface area (Å²) in [5, 5.41) is 3.35. The molecule has 0 saturated heterocycles. The SMILES string of the molecule is CCSCCOC(=O)C1=C(C)NC2=C(C(=O)C[C@H](c3ccccc3OC)C2)[C@@H]1c1ccc(F)cc1. The minimum absolute atomic E-state index is 0.0386. The van der Waals surface area contributed by atoms with Gasteiger partial charge in [0.15, 0.2) is 5.78 Å². The van der Waals surface area contributed by atoms with E-state index in [0.717, 1.165) is 22.8 Å². The van der Waals surface area contributed by atoms with Crippen molar-refractivity contribution in [3.05, 3.63) is 88.0 Å². The number of allylic oxidation sites excluding steroid dienone is 3. The molecule has 0 amide bonds. The number of nitrogens with one attached hydrogen (secondary N) is 1. The summed E-state index contributed by atoms with van der Waals surface area (Å²) in [5.74, 6) is 0.880. The summed E-state index contributed by atoms with van der Waals surface area (Å²) in [7, 11) is 1.63. The zero-order valence-electron chi connectivity index (χ0n) is 20.2. The molecule has 184 valence electrons. The van der Waals surface area contributed by atoms with Crippen LogP contribution in [0, 0.1) is 5.82 Å². The van der Waals surface area contributed by atoms with E-state index in [1.807, 2.05) is 31.2 Å². The highest BCUT2D eigenvalue weighted by Crippen LogP contribution is 2.46. The number of carbonyl (C=O) groups is 2. The first-order valence-electron chi connectivity index (χ1n) is 11.8. The third kappa shape index (κ3) is 5.30. The molecule has 1 aliphatic carbocycles. The number of ether oxygens (including phenoxy) is 2. The number of carbonyl (C=O) groups excluding carboxylic acids is 2. The zero-order chi connectivity index (χ0) is 24.9. The summed E-state index contributed by atoms with van der Waals surface area (Å²) >= 11 is 1.69. The molecular formula is C28H30FNO4S. The number of halogens is 1. The molecule has 1 heterocycles. The van der Waals surface area contributed by atoms with Crippen molar-refractivity contribution in [1.82, 2.24) is 5.32 Å². The van der Waals surface area contributed by atoms with Crippen LogP contribution in [0.3, 0.4) is 0 Å². The lowest BCUT2D eigenvalue weighted by atomic mass is 9.71. The number of dihydropyridines is 1. The Balaban J connectivity index is 1.72. The van der Waals surface area contributed by atoms with Crippen molar-refractivity contribution in [1.29, 1.82) is 0 Å². The van der Waals surface area contributed by atoms with Crippen molar-refractivity contribution in [2.24, 2.45) is 0 Å². The Morgan fingerprint density at radius 2 is 1.89 bits per heavy atom. The van der Waals surface area contributed by atoms with Crippen LogP contribution < -0.4 is 10.1 Å². The number of methoxy groups -OCH3 is 1. The Morgan fingerprint density at radius 3 is 2.60 bits per heavy atom. The predicted molar refractivity (Wildman–Crippen MR) is 136 cm³/mol. The Labute approximate surface area is 209 Å². The van der Waals surface area contributed by atoms with Gasteiger partial charge < -0.3 is 14.8 Å². The molecule has 0 fully saturated rings. The van der Waals surface area contributed by atoms with Crippen LogP contribution in [-0.4, -0.2) is 37.0 Å². The first kappa shape index (κ1) is 25.0. The van der Waals surface area contributed by atoms with E-state index < -0.39 is 11.9 Å². The molecule has 0 bridgehead atoms. The van der Waals surface area contributed by atoms with Gasteiger partial charge in [0.1, 0.15) is 18.2 Å². The minimum Gasteiger partial charge on any atom is -0.496 e. The fourth-order valence-corrected chi connectivity index (χ4v) is 5.43. The summed E-state index contributed by atoms with van der Waals surface area (Å²) < 4.78 is 24.9. The highest BCUT2D eigenvalue weighted by Gasteiger charge is 2.41. The molecule has 35 heavy (non-hydrogen) atoms. The van der Waals surface area contributed by atoms with Gasteiger partial charge in [0.05, 0.1) is 12.7 Å². The molecule has 0 saturated carbocycles. The lowest BCUT2D eigenvalue weighted by Crippen LogP contribution is -2.36. The maximum absolute atomic E-state index is 13.7. The molecule has 2 aliphatic rings. The van der Waals surface area contributed by atoms with Gasteiger partial charge in [-0.3, -0.25) is 4.79 Å². The first-order valence-corrected chi connectivity index (χ1v) is 13.0. The molecule has 2 atom stereocenters. The lowest BCUT2D eigenvalue weighted by Gasteiger charge is -2.37. The second kappa shape index (κ2) is 11.1. The van der Waals surface area contributed by atoms with Gasteiger partial charge in [0.25, 0.3) is 0 Å². The van der Waals surface area contributed by atoms with Crippen LogP contribution in [0.2, 0.25) is 0 Å². The Kier molecular flexibility index (Phi) is 7.96. The third-order valence-electron chi connectivity index (χ3n) is 6.49. The summed E-state index contributed by atoms with van der Waals surface area (Å²) in [6, 6.07) is 13.7. The summed E-state index contributed by atoms with van der Waals surface area (Å²) in [4.78, 5) is 26.9. The maximum atomic E-state index is 13.7. The van der Waals surface area contributed by atoms with Crippen molar-refractivity contribution in [2.45, 2.75) is 38.5 Å². The van der Waals surface area contributed by atoms with Gasteiger partial charge in [-0.05, 0) is 48.4 Å². The molecule has 0 radical (unpaired) electrons. The van der Waals surface area contributed by atoms with E-state index >= 15 is 0 Å². The van der Waals surface area contributed by atoms with Gasteiger partial charge in [-0.15, -0.1) is 0 Å². The second-order valence-electron chi connectivity index (χ2n) is 8.64. The predicted octanol–water partition coefficient (Wildman–Crippen LogP) is 5.49. The number of hydrogen-bond donors (Lipinski definition) is 1. The fourth-order valence-electron chi connectivity index (χ4n) is 4.94. The summed E-state index contributed by atoms with van der Waals surface area (Å²) in [6.45, 7) is 4.17. The van der Waals surface area contributed by atoms with Crippen molar-refractivity contribution < 1.29 is 23.5 Å². The van der Waals surface area contributed by atoms with Crippen molar-refractivity contribution >= 4 is 23.5 Å². The number of rotatable bonds is 8. The van der Waals surface area contributed by atoms with Gasteiger partial charge >= 0.3 is 5.97 Å². The molecule has 1 aliphatic heterocycles. The largest absolute Gasteiger partial charge is 0.496 e. The van der Waals surface area contributed by atoms with Crippen LogP contribution in [0.4, 0.5) is 4.39 Å². The number of thioether (sulfide) groups is 1. The quantitative estimate of drug-likeness (QED) is 0.386. The fraction of sp³-hybridized carbons (Fsp3) is 0.357. The van der Waals surface area contributed by atoms with Crippen LogP contribution >= 0.6 is 11.8 Å². The van der Waals surface area contributed by atoms with Crippen molar-refractivity contribution in [3.8, 4) is 5.75 Å².